The Morgan fingerprint density at radius 2 is 1.53 bits per heavy atom. The number of nitrogens with two attached hydrogens (primary N) is 1. The van der Waals surface area contributed by atoms with Crippen molar-refractivity contribution < 1.29 is 42.9 Å². The fourth-order valence-electron chi connectivity index (χ4n) is 5.61. The molecule has 0 unspecified atom stereocenters. The molecule has 2 amide bonds. The molecule has 3 rings (SSSR count). The average Bonchev–Trinajstić information content (AvgIpc) is 3.49. The number of carboxylic acids is 2. The van der Waals surface area contributed by atoms with Crippen molar-refractivity contribution in [2.75, 3.05) is 13.1 Å². The van der Waals surface area contributed by atoms with Crippen molar-refractivity contribution in [3.63, 3.8) is 0 Å². The highest BCUT2D eigenvalue weighted by Gasteiger charge is 2.45. The number of hydrogen-bond acceptors (Lipinski definition) is 8. The van der Waals surface area contributed by atoms with Crippen molar-refractivity contribution >= 4 is 33.8 Å². The Kier molecular flexibility index (Phi) is 12.9. The van der Waals surface area contributed by atoms with Gasteiger partial charge < -0.3 is 31.7 Å². The van der Waals surface area contributed by atoms with Gasteiger partial charge >= 0.3 is 11.9 Å². The lowest BCUT2D eigenvalue weighted by molar-refractivity contribution is -0.147. The number of phenolic OH excluding ortho intramolecular Hbond substituents is 1. The summed E-state index contributed by atoms with van der Waals surface area (Å²) in [6.45, 7) is -0.0117. The van der Waals surface area contributed by atoms with Crippen LogP contribution in [0, 0.1) is 11.3 Å². The maximum absolute atomic E-state index is 13.6. The van der Waals surface area contributed by atoms with Crippen LogP contribution in [0.1, 0.15) is 56.9 Å². The predicted octanol–water partition coefficient (Wildman–Crippen LogP) is 1.75. The maximum Gasteiger partial charge on any atom is 0.326 e. The molecule has 13 nitrogen and oxygen atoms in total. The van der Waals surface area contributed by atoms with Crippen LogP contribution >= 0.6 is 0 Å². The average molecular weight is 647 g/mol. The first-order chi connectivity index (χ1) is 21.4. The second-order valence-corrected chi connectivity index (χ2v) is 13.2. The molecule has 0 aliphatic heterocycles. The lowest BCUT2D eigenvalue weighted by Gasteiger charge is -2.32. The molecule has 45 heavy (non-hydrogen) atoms. The van der Waals surface area contributed by atoms with Gasteiger partial charge in [-0.15, -0.1) is 0 Å². The number of unbranched alkanes of at least 4 members (excludes halogenated alkanes) is 1. The summed E-state index contributed by atoms with van der Waals surface area (Å²) in [5.74, 6) is -4.97. The minimum absolute atomic E-state index is 0.0156. The number of phenols is 1. The standard InChI is InChI=1S/C31H42N4O9S/c32-17-7-4-10-25(35-45(43,44)24-8-2-1-3-9-24)27(37)33-20-22(28(38)39)19-31(15-5-6-16-31)30(42)34-26(29(40)41)18-21-11-13-23(36)14-12-21/h1-3,8-9,11-14,22,25-26,35-36H,4-7,10,15-20,32H2,(H,33,37)(H,34,42)(H,38,39)(H,40,41)/t22-,25-,26-/m0/s1. The Labute approximate surface area is 262 Å². The molecule has 1 fully saturated rings. The van der Waals surface area contributed by atoms with E-state index in [2.05, 4.69) is 15.4 Å². The minimum Gasteiger partial charge on any atom is -0.508 e. The van der Waals surface area contributed by atoms with Crippen LogP contribution in [0.15, 0.2) is 59.5 Å². The molecule has 0 spiro atoms. The van der Waals surface area contributed by atoms with Crippen molar-refractivity contribution in [3.05, 3.63) is 60.2 Å². The Hall–Kier alpha value is -4.01. The molecule has 2 aromatic carbocycles. The quantitative estimate of drug-likeness (QED) is 0.116. The molecule has 3 atom stereocenters. The first-order valence-corrected chi connectivity index (χ1v) is 16.4. The molecule has 0 saturated heterocycles. The molecule has 0 aromatic heterocycles. The summed E-state index contributed by atoms with van der Waals surface area (Å²) in [5.41, 5.74) is 4.99. The van der Waals surface area contributed by atoms with E-state index in [4.69, 9.17) is 5.73 Å². The van der Waals surface area contributed by atoms with Gasteiger partial charge in [-0.1, -0.05) is 49.6 Å². The molecule has 14 heteroatoms. The number of rotatable bonds is 18. The van der Waals surface area contributed by atoms with Crippen LogP contribution in [-0.4, -0.2) is 72.7 Å². The zero-order valence-electron chi connectivity index (χ0n) is 25.0. The molecule has 0 heterocycles. The highest BCUT2D eigenvalue weighted by Crippen LogP contribution is 2.43. The number of benzene rings is 2. The zero-order chi connectivity index (χ0) is 33.0. The highest BCUT2D eigenvalue weighted by atomic mass is 32.2. The van der Waals surface area contributed by atoms with Crippen LogP contribution < -0.4 is 21.1 Å². The number of carboxylic acid groups (broad SMARTS) is 2. The van der Waals surface area contributed by atoms with Crippen LogP contribution in [0.4, 0.5) is 0 Å². The zero-order valence-corrected chi connectivity index (χ0v) is 25.8. The number of nitrogens with one attached hydrogen (secondary N) is 3. The summed E-state index contributed by atoms with van der Waals surface area (Å²) in [5, 5.41) is 34.5. The number of hydrogen-bond donors (Lipinski definition) is 7. The van der Waals surface area contributed by atoms with Crippen LogP contribution in [-0.2, 0) is 35.6 Å². The molecule has 1 saturated carbocycles. The summed E-state index contributed by atoms with van der Waals surface area (Å²) in [4.78, 5) is 51.1. The van der Waals surface area contributed by atoms with Crippen molar-refractivity contribution in [1.82, 2.24) is 15.4 Å². The summed E-state index contributed by atoms with van der Waals surface area (Å²) < 4.78 is 28.3. The fraction of sp³-hybridized carbons (Fsp3) is 0.484. The van der Waals surface area contributed by atoms with Crippen LogP contribution in [0.25, 0.3) is 0 Å². The third-order valence-corrected chi connectivity index (χ3v) is 9.63. The summed E-state index contributed by atoms with van der Waals surface area (Å²) in [6, 6.07) is 11.0. The van der Waals surface area contributed by atoms with Crippen LogP contribution in [0.3, 0.4) is 0 Å². The number of aromatic hydroxyl groups is 1. The van der Waals surface area contributed by atoms with Crippen molar-refractivity contribution in [3.8, 4) is 5.75 Å². The van der Waals surface area contributed by atoms with E-state index in [9.17, 15) is 42.9 Å². The summed E-state index contributed by atoms with van der Waals surface area (Å²) in [6.07, 6.45) is 2.94. The lowest BCUT2D eigenvalue weighted by Crippen LogP contribution is -2.51. The second-order valence-electron chi connectivity index (χ2n) is 11.5. The first-order valence-electron chi connectivity index (χ1n) is 15.0. The number of carbonyl (C=O) groups is 4. The third-order valence-electron chi connectivity index (χ3n) is 8.15. The second kappa shape index (κ2) is 16.3. The highest BCUT2D eigenvalue weighted by molar-refractivity contribution is 7.89. The van der Waals surface area contributed by atoms with E-state index >= 15 is 0 Å². The maximum atomic E-state index is 13.6. The third kappa shape index (κ3) is 10.3. The van der Waals surface area contributed by atoms with Gasteiger partial charge in [0.05, 0.1) is 16.2 Å². The molecule has 0 bridgehead atoms. The van der Waals surface area contributed by atoms with Crippen molar-refractivity contribution in [2.24, 2.45) is 17.1 Å². The normalized spacial score (nSPS) is 16.3. The number of sulfonamides is 1. The lowest BCUT2D eigenvalue weighted by atomic mass is 9.76. The van der Waals surface area contributed by atoms with Gasteiger partial charge in [-0.05, 0) is 68.5 Å². The van der Waals surface area contributed by atoms with E-state index in [0.29, 0.717) is 50.6 Å². The predicted molar refractivity (Wildman–Crippen MR) is 164 cm³/mol. The minimum atomic E-state index is -4.05. The Bertz CT molecular complexity index is 1410. The molecular weight excluding hydrogens is 604 g/mol. The summed E-state index contributed by atoms with van der Waals surface area (Å²) >= 11 is 0. The molecule has 1 aliphatic rings. The number of amides is 2. The SMILES string of the molecule is NCCCC[C@H](NS(=O)(=O)c1ccccc1)C(=O)NC[C@H](CC1(C(=O)N[C@@H](Cc2ccc(O)cc2)C(=O)O)CCCC1)C(=O)O. The van der Waals surface area contributed by atoms with Gasteiger partial charge in [-0.25, -0.2) is 13.2 Å². The number of carbonyl (C=O) groups excluding carboxylic acids is 2. The molecule has 8 N–H and O–H groups in total. The van der Waals surface area contributed by atoms with E-state index < -0.39 is 57.2 Å². The molecule has 2 aromatic rings. The van der Waals surface area contributed by atoms with E-state index in [1.54, 1.807) is 30.3 Å². The number of aliphatic carboxylic acids is 2. The molecule has 1 aliphatic carbocycles. The van der Waals surface area contributed by atoms with Crippen molar-refractivity contribution in [2.45, 2.75) is 74.8 Å². The van der Waals surface area contributed by atoms with Gasteiger partial charge in [0.1, 0.15) is 17.8 Å². The molecule has 0 radical (unpaired) electrons. The largest absolute Gasteiger partial charge is 0.508 e. The van der Waals surface area contributed by atoms with Gasteiger partial charge in [0.25, 0.3) is 0 Å². The Balaban J connectivity index is 1.72. The van der Waals surface area contributed by atoms with Crippen molar-refractivity contribution in [1.29, 1.82) is 0 Å². The Morgan fingerprint density at radius 1 is 0.889 bits per heavy atom. The van der Waals surface area contributed by atoms with Gasteiger partial charge in [0.15, 0.2) is 0 Å². The van der Waals surface area contributed by atoms with Gasteiger partial charge in [-0.2, -0.15) is 4.72 Å². The van der Waals surface area contributed by atoms with E-state index in [-0.39, 0.29) is 36.5 Å². The Morgan fingerprint density at radius 3 is 2.11 bits per heavy atom. The molecular formula is C31H42N4O9S. The van der Waals surface area contributed by atoms with Gasteiger partial charge in [0.2, 0.25) is 21.8 Å². The van der Waals surface area contributed by atoms with Gasteiger partial charge in [0, 0.05) is 13.0 Å². The van der Waals surface area contributed by atoms with Crippen LogP contribution in [0.5, 0.6) is 5.75 Å². The van der Waals surface area contributed by atoms with E-state index in [0.717, 1.165) is 0 Å². The van der Waals surface area contributed by atoms with Gasteiger partial charge in [-0.3, -0.25) is 14.4 Å². The summed E-state index contributed by atoms with van der Waals surface area (Å²) in [7, 11) is -4.05. The van der Waals surface area contributed by atoms with E-state index in [1.165, 1.54) is 24.3 Å². The fourth-order valence-corrected chi connectivity index (χ4v) is 6.86. The topological polar surface area (TPSA) is 225 Å². The first kappa shape index (κ1) is 35.5. The van der Waals surface area contributed by atoms with Crippen LogP contribution in [0.2, 0.25) is 0 Å². The van der Waals surface area contributed by atoms with E-state index in [1.807, 2.05) is 0 Å². The molecule has 246 valence electrons. The monoisotopic (exact) mass is 646 g/mol. The smallest absolute Gasteiger partial charge is 0.326 e.